The van der Waals surface area contributed by atoms with Crippen molar-refractivity contribution in [1.29, 1.82) is 0 Å². The molecule has 2 aliphatic heterocycles. The van der Waals surface area contributed by atoms with Gasteiger partial charge >= 0.3 is 5.97 Å². The summed E-state index contributed by atoms with van der Waals surface area (Å²) in [5, 5.41) is 3.77. The molecule has 2 N–H and O–H groups in total. The number of thiophene rings is 1. The van der Waals surface area contributed by atoms with Crippen molar-refractivity contribution < 1.29 is 24.4 Å². The number of amides is 2. The van der Waals surface area contributed by atoms with Crippen molar-refractivity contribution in [3.63, 3.8) is 0 Å². The number of hydrogen-bond acceptors (Lipinski definition) is 5. The number of esters is 1. The molecule has 6 nitrogen and oxygen atoms in total. The van der Waals surface area contributed by atoms with Crippen LogP contribution in [0.15, 0.2) is 17.5 Å². The molecule has 1 aromatic rings. The van der Waals surface area contributed by atoms with Crippen molar-refractivity contribution in [2.24, 2.45) is 11.8 Å². The minimum Gasteiger partial charge on any atom is -0.464 e. The highest BCUT2D eigenvalue weighted by atomic mass is 32.1. The van der Waals surface area contributed by atoms with Crippen LogP contribution in [0.1, 0.15) is 24.8 Å². The number of carbonyl (C=O) groups excluding carboxylic acids is 3. The van der Waals surface area contributed by atoms with E-state index in [1.165, 1.54) is 23.3 Å². The van der Waals surface area contributed by atoms with Gasteiger partial charge in [0.1, 0.15) is 17.9 Å². The first-order valence-corrected chi connectivity index (χ1v) is 8.16. The van der Waals surface area contributed by atoms with Crippen molar-refractivity contribution >= 4 is 29.1 Å². The van der Waals surface area contributed by atoms with Gasteiger partial charge < -0.3 is 10.1 Å². The van der Waals surface area contributed by atoms with Crippen molar-refractivity contribution in [3.8, 4) is 0 Å². The van der Waals surface area contributed by atoms with Crippen molar-refractivity contribution in [2.45, 2.75) is 25.4 Å². The Balaban J connectivity index is 2.09. The summed E-state index contributed by atoms with van der Waals surface area (Å²) in [5.41, 5.74) is -1.06. The molecule has 3 rings (SSSR count). The zero-order chi connectivity index (χ0) is 16.1. The highest BCUT2D eigenvalue weighted by Crippen LogP contribution is 2.45. The van der Waals surface area contributed by atoms with Gasteiger partial charge in [-0.25, -0.2) is 4.79 Å². The lowest BCUT2D eigenvalue weighted by Gasteiger charge is -2.25. The Hall–Kier alpha value is -1.73. The Kier molecular flexibility index (Phi) is 3.57. The summed E-state index contributed by atoms with van der Waals surface area (Å²) in [7, 11) is 1.31. The molecule has 4 atom stereocenters. The van der Waals surface area contributed by atoms with Crippen molar-refractivity contribution in [2.75, 3.05) is 13.7 Å². The predicted octanol–water partition coefficient (Wildman–Crippen LogP) is -0.0810. The first kappa shape index (κ1) is 15.2. The standard InChI is InChI=1S/C15H18N2O4S/c1-4-17-12(18)9-10(13(17)19)15(2,14(20)21-3)16-11(9)8-6-5-7-22-8/h5-7,9-11,16H,4H2,1-3H3/p+1/t9-,10-,11-,15+/m0/s1. The van der Waals surface area contributed by atoms with Gasteiger partial charge in [0.25, 0.3) is 0 Å². The molecular formula is C15H19N2O4S+. The maximum absolute atomic E-state index is 12.7. The lowest BCUT2D eigenvalue weighted by atomic mass is 9.81. The van der Waals surface area contributed by atoms with E-state index >= 15 is 0 Å². The summed E-state index contributed by atoms with van der Waals surface area (Å²) in [4.78, 5) is 39.9. The molecule has 2 fully saturated rings. The molecule has 0 saturated carbocycles. The van der Waals surface area contributed by atoms with Crippen LogP contribution in [0.4, 0.5) is 0 Å². The Bertz CT molecular complexity index is 629. The second-order valence-electron chi connectivity index (χ2n) is 5.91. The predicted molar refractivity (Wildman–Crippen MR) is 78.8 cm³/mol. The summed E-state index contributed by atoms with van der Waals surface area (Å²) in [6.07, 6.45) is 0. The maximum Gasteiger partial charge on any atom is 0.368 e. The molecule has 2 saturated heterocycles. The number of nitrogens with zero attached hydrogens (tertiary/aromatic N) is 1. The van der Waals surface area contributed by atoms with E-state index in [1.54, 1.807) is 13.8 Å². The number of carbonyl (C=O) groups is 3. The van der Waals surface area contributed by atoms with E-state index in [1.807, 2.05) is 22.8 Å². The van der Waals surface area contributed by atoms with Gasteiger partial charge in [0.05, 0.1) is 12.0 Å². The third-order valence-electron chi connectivity index (χ3n) is 4.81. The van der Waals surface area contributed by atoms with Crippen LogP contribution in [0.5, 0.6) is 0 Å². The Morgan fingerprint density at radius 1 is 1.45 bits per heavy atom. The fourth-order valence-corrected chi connectivity index (χ4v) is 4.63. The lowest BCUT2D eigenvalue weighted by molar-refractivity contribution is -0.730. The lowest BCUT2D eigenvalue weighted by Crippen LogP contribution is -2.97. The minimum absolute atomic E-state index is 0.181. The highest BCUT2D eigenvalue weighted by molar-refractivity contribution is 7.10. The third kappa shape index (κ3) is 1.85. The number of fused-ring (bicyclic) bond motifs is 1. The molecule has 0 aliphatic carbocycles. The topological polar surface area (TPSA) is 80.3 Å². The monoisotopic (exact) mass is 323 g/mol. The Labute approximate surface area is 132 Å². The van der Waals surface area contributed by atoms with E-state index in [9.17, 15) is 14.4 Å². The SMILES string of the molecule is CCN1C(=O)[C@H]2[C@@H](C1=O)[C@](C)(C(=O)OC)[NH2+][C@H]2c1cccs1. The Morgan fingerprint density at radius 2 is 2.18 bits per heavy atom. The van der Waals surface area contributed by atoms with Gasteiger partial charge in [-0.3, -0.25) is 14.5 Å². The van der Waals surface area contributed by atoms with Gasteiger partial charge in [0.2, 0.25) is 17.4 Å². The second kappa shape index (κ2) is 5.17. The van der Waals surface area contributed by atoms with E-state index in [0.717, 1.165) is 4.88 Å². The molecule has 3 heterocycles. The first-order valence-electron chi connectivity index (χ1n) is 7.28. The molecule has 1 aromatic heterocycles. The molecule has 22 heavy (non-hydrogen) atoms. The minimum atomic E-state index is -1.06. The summed E-state index contributed by atoms with van der Waals surface area (Å²) in [5.74, 6) is -2.07. The maximum atomic E-state index is 12.7. The van der Waals surface area contributed by atoms with Crippen LogP contribution in [0, 0.1) is 11.8 Å². The molecule has 0 spiro atoms. The van der Waals surface area contributed by atoms with Crippen LogP contribution >= 0.6 is 11.3 Å². The first-order chi connectivity index (χ1) is 10.5. The van der Waals surface area contributed by atoms with Crippen molar-refractivity contribution in [1.82, 2.24) is 4.90 Å². The molecule has 7 heteroatoms. The molecule has 0 unspecified atom stereocenters. The molecular weight excluding hydrogens is 304 g/mol. The highest BCUT2D eigenvalue weighted by Gasteiger charge is 2.70. The summed E-state index contributed by atoms with van der Waals surface area (Å²) in [6.45, 7) is 3.81. The van der Waals surface area contributed by atoms with Gasteiger partial charge in [0.15, 0.2) is 0 Å². The van der Waals surface area contributed by atoms with Crippen LogP contribution in [-0.4, -0.2) is 41.9 Å². The normalized spacial score (nSPS) is 34.1. The van der Waals surface area contributed by atoms with Crippen LogP contribution in [0.25, 0.3) is 0 Å². The van der Waals surface area contributed by atoms with Gasteiger partial charge in [-0.1, -0.05) is 6.07 Å². The van der Waals surface area contributed by atoms with Gasteiger partial charge in [-0.05, 0) is 18.4 Å². The largest absolute Gasteiger partial charge is 0.464 e. The average Bonchev–Trinajstić information content (AvgIpc) is 3.17. The van der Waals surface area contributed by atoms with E-state index in [4.69, 9.17) is 4.74 Å². The number of rotatable bonds is 3. The second-order valence-corrected chi connectivity index (χ2v) is 6.89. The van der Waals surface area contributed by atoms with Gasteiger partial charge in [-0.2, -0.15) is 0 Å². The number of ether oxygens (including phenoxy) is 1. The molecule has 2 amide bonds. The van der Waals surface area contributed by atoms with E-state index in [2.05, 4.69) is 0 Å². The molecule has 0 aromatic carbocycles. The number of likely N-dealkylation sites (tertiary alicyclic amines) is 1. The number of hydrogen-bond donors (Lipinski definition) is 1. The van der Waals surface area contributed by atoms with Crippen LogP contribution < -0.4 is 5.32 Å². The number of imide groups is 1. The van der Waals surface area contributed by atoms with Crippen molar-refractivity contribution in [3.05, 3.63) is 22.4 Å². The summed E-state index contributed by atoms with van der Waals surface area (Å²) in [6, 6.07) is 3.63. The fourth-order valence-electron chi connectivity index (χ4n) is 3.79. The summed E-state index contributed by atoms with van der Waals surface area (Å²) >= 11 is 1.54. The zero-order valence-corrected chi connectivity index (χ0v) is 13.6. The van der Waals surface area contributed by atoms with Crippen LogP contribution in [0.2, 0.25) is 0 Å². The quantitative estimate of drug-likeness (QED) is 0.623. The van der Waals surface area contributed by atoms with Gasteiger partial charge in [-0.15, -0.1) is 11.3 Å². The number of nitrogens with two attached hydrogens (primary N) is 1. The fraction of sp³-hybridized carbons (Fsp3) is 0.533. The van der Waals surface area contributed by atoms with Gasteiger partial charge in [0, 0.05) is 13.5 Å². The third-order valence-corrected chi connectivity index (χ3v) is 5.79. The molecule has 0 bridgehead atoms. The van der Waals surface area contributed by atoms with E-state index < -0.39 is 23.3 Å². The Morgan fingerprint density at radius 3 is 2.73 bits per heavy atom. The van der Waals surface area contributed by atoms with E-state index in [-0.39, 0.29) is 17.9 Å². The molecule has 0 radical (unpaired) electrons. The zero-order valence-electron chi connectivity index (χ0n) is 12.7. The smallest absolute Gasteiger partial charge is 0.368 e. The molecule has 2 aliphatic rings. The van der Waals surface area contributed by atoms with Crippen LogP contribution in [-0.2, 0) is 19.1 Å². The average molecular weight is 323 g/mol. The summed E-state index contributed by atoms with van der Waals surface area (Å²) < 4.78 is 4.91. The number of methoxy groups -OCH3 is 1. The van der Waals surface area contributed by atoms with Crippen LogP contribution in [0.3, 0.4) is 0 Å². The van der Waals surface area contributed by atoms with E-state index in [0.29, 0.717) is 6.54 Å². The number of quaternary nitrogens is 1. The molecule has 118 valence electrons.